The summed E-state index contributed by atoms with van der Waals surface area (Å²) in [6.45, 7) is 0.325. The number of benzene rings is 2. The van der Waals surface area contributed by atoms with Crippen LogP contribution >= 0.6 is 11.6 Å². The predicted octanol–water partition coefficient (Wildman–Crippen LogP) is 3.39. The number of anilines is 2. The Morgan fingerprint density at radius 3 is 2.77 bits per heavy atom. The van der Waals surface area contributed by atoms with Crippen LogP contribution in [0.1, 0.15) is 5.56 Å². The van der Waals surface area contributed by atoms with Crippen molar-refractivity contribution in [2.24, 2.45) is 0 Å². The Labute approximate surface area is 156 Å². The fourth-order valence-electron chi connectivity index (χ4n) is 3.27. The normalized spacial score (nSPS) is 13.8. The molecule has 2 aromatic carbocycles. The Morgan fingerprint density at radius 1 is 1.19 bits per heavy atom. The van der Waals surface area contributed by atoms with E-state index in [1.807, 2.05) is 0 Å². The molecule has 134 valence electrons. The van der Waals surface area contributed by atoms with Gasteiger partial charge in [-0.3, -0.25) is 4.31 Å². The van der Waals surface area contributed by atoms with Gasteiger partial charge in [-0.05, 0) is 48.4 Å². The number of aromatic nitrogens is 1. The average Bonchev–Trinajstić information content (AvgIpc) is 3.08. The number of hydrogen-bond donors (Lipinski definition) is 2. The fraction of sp³-hybridized carbons (Fsp3) is 0.167. The van der Waals surface area contributed by atoms with Gasteiger partial charge in [0.25, 0.3) is 10.0 Å². The molecule has 1 aliphatic rings. The minimum Gasteiger partial charge on any atom is -0.506 e. The molecule has 0 spiro atoms. The van der Waals surface area contributed by atoms with Crippen LogP contribution < -0.4 is 9.62 Å². The fourth-order valence-corrected chi connectivity index (χ4v) is 5.22. The second-order valence-corrected chi connectivity index (χ2v) is 8.23. The number of nitrogens with one attached hydrogen (secondary N) is 1. The lowest BCUT2D eigenvalue weighted by Gasteiger charge is -2.21. The number of rotatable bonds is 3. The molecular weight excluding hydrogens is 374 g/mol. The molecule has 4 rings (SSSR count). The number of phenolic OH excluding ortho intramolecular Hbond substituents is 1. The van der Waals surface area contributed by atoms with Crippen LogP contribution in [-0.4, -0.2) is 32.1 Å². The van der Waals surface area contributed by atoms with Crippen LogP contribution in [0.5, 0.6) is 5.75 Å². The zero-order valence-corrected chi connectivity index (χ0v) is 15.5. The smallest absolute Gasteiger partial charge is 0.265 e. The molecule has 0 saturated carbocycles. The molecule has 8 heteroatoms. The van der Waals surface area contributed by atoms with Crippen LogP contribution in [0, 0.1) is 0 Å². The van der Waals surface area contributed by atoms with E-state index in [9.17, 15) is 13.5 Å². The van der Waals surface area contributed by atoms with Crippen LogP contribution in [-0.2, 0) is 16.4 Å². The molecule has 1 aromatic heterocycles. The van der Waals surface area contributed by atoms with Gasteiger partial charge in [0, 0.05) is 24.0 Å². The summed E-state index contributed by atoms with van der Waals surface area (Å²) in [5.74, 6) is 0.474. The van der Waals surface area contributed by atoms with Crippen LogP contribution in [0.25, 0.3) is 10.9 Å². The molecule has 0 atom stereocenters. The van der Waals surface area contributed by atoms with Crippen molar-refractivity contribution < 1.29 is 13.5 Å². The van der Waals surface area contributed by atoms with Gasteiger partial charge in [-0.15, -0.1) is 0 Å². The second kappa shape index (κ2) is 6.03. The number of nitrogens with zero attached hydrogens (tertiary/aromatic N) is 2. The van der Waals surface area contributed by atoms with E-state index in [1.165, 1.54) is 16.4 Å². The van der Waals surface area contributed by atoms with Crippen molar-refractivity contribution in [1.29, 1.82) is 0 Å². The highest BCUT2D eigenvalue weighted by Crippen LogP contribution is 2.39. The summed E-state index contributed by atoms with van der Waals surface area (Å²) in [7, 11) is -2.12. The molecule has 0 saturated heterocycles. The van der Waals surface area contributed by atoms with Crippen molar-refractivity contribution in [3.05, 3.63) is 53.1 Å². The van der Waals surface area contributed by atoms with Gasteiger partial charge in [-0.25, -0.2) is 13.4 Å². The summed E-state index contributed by atoms with van der Waals surface area (Å²) in [4.78, 5) is 4.39. The highest BCUT2D eigenvalue weighted by molar-refractivity contribution is 7.93. The van der Waals surface area contributed by atoms with E-state index in [0.29, 0.717) is 34.9 Å². The number of sulfonamides is 1. The molecule has 2 N–H and O–H groups in total. The minimum atomic E-state index is -3.83. The largest absolute Gasteiger partial charge is 0.506 e. The number of aromatic hydroxyl groups is 1. The predicted molar refractivity (Wildman–Crippen MR) is 103 cm³/mol. The molecule has 0 bridgehead atoms. The zero-order valence-electron chi connectivity index (χ0n) is 13.9. The van der Waals surface area contributed by atoms with E-state index in [-0.39, 0.29) is 16.2 Å². The zero-order chi connectivity index (χ0) is 18.5. The maximum Gasteiger partial charge on any atom is 0.265 e. The van der Waals surface area contributed by atoms with E-state index in [2.05, 4.69) is 10.3 Å². The van der Waals surface area contributed by atoms with Gasteiger partial charge in [-0.1, -0.05) is 17.7 Å². The molecule has 0 fully saturated rings. The van der Waals surface area contributed by atoms with Crippen molar-refractivity contribution in [3.63, 3.8) is 0 Å². The number of hydrogen-bond acceptors (Lipinski definition) is 5. The highest BCUT2D eigenvalue weighted by atomic mass is 35.5. The standard InChI is InChI=1S/C18H16ClN3O3S/c1-20-17-8-5-12-16(7-6-15(23)18(12)21-17)26(24,25)22-10-9-11-13(19)3-2-4-14(11)22/h2-8,23H,9-10H2,1H3,(H,20,21). The first-order chi connectivity index (χ1) is 12.4. The van der Waals surface area contributed by atoms with E-state index < -0.39 is 10.0 Å². The van der Waals surface area contributed by atoms with Crippen molar-refractivity contribution >= 4 is 44.0 Å². The first kappa shape index (κ1) is 16.9. The van der Waals surface area contributed by atoms with Crippen LogP contribution in [0.4, 0.5) is 11.5 Å². The molecule has 0 amide bonds. The lowest BCUT2D eigenvalue weighted by Crippen LogP contribution is -2.29. The summed E-state index contributed by atoms with van der Waals surface area (Å²) in [6.07, 6.45) is 0.562. The third-order valence-corrected chi connectivity index (χ3v) is 6.77. The van der Waals surface area contributed by atoms with Crippen molar-refractivity contribution in [1.82, 2.24) is 4.98 Å². The topological polar surface area (TPSA) is 82.5 Å². The van der Waals surface area contributed by atoms with Gasteiger partial charge < -0.3 is 10.4 Å². The number of halogens is 1. The second-order valence-electron chi connectivity index (χ2n) is 5.99. The van der Waals surface area contributed by atoms with Crippen molar-refractivity contribution in [3.8, 4) is 5.75 Å². The van der Waals surface area contributed by atoms with Crippen LogP contribution in [0.3, 0.4) is 0 Å². The number of fused-ring (bicyclic) bond motifs is 2. The first-order valence-electron chi connectivity index (χ1n) is 8.04. The van der Waals surface area contributed by atoms with E-state index >= 15 is 0 Å². The monoisotopic (exact) mass is 389 g/mol. The van der Waals surface area contributed by atoms with Gasteiger partial charge in [-0.2, -0.15) is 0 Å². The van der Waals surface area contributed by atoms with E-state index in [1.54, 1.807) is 37.4 Å². The Hall–Kier alpha value is -2.51. The summed E-state index contributed by atoms with van der Waals surface area (Å²) in [5.41, 5.74) is 1.67. The highest BCUT2D eigenvalue weighted by Gasteiger charge is 2.33. The molecule has 3 aromatic rings. The van der Waals surface area contributed by atoms with E-state index in [0.717, 1.165) is 5.56 Å². The Balaban J connectivity index is 1.91. The average molecular weight is 390 g/mol. The Bertz CT molecular complexity index is 1130. The SMILES string of the molecule is CNc1ccc2c(S(=O)(=O)N3CCc4c(Cl)cccc43)ccc(O)c2n1. The summed E-state index contributed by atoms with van der Waals surface area (Å²) in [6, 6.07) is 11.4. The number of pyridine rings is 1. The molecule has 0 unspecified atom stereocenters. The van der Waals surface area contributed by atoms with Gasteiger partial charge in [0.2, 0.25) is 0 Å². The van der Waals surface area contributed by atoms with Crippen molar-refractivity contribution in [2.75, 3.05) is 23.2 Å². The molecule has 2 heterocycles. The third-order valence-electron chi connectivity index (χ3n) is 4.55. The quantitative estimate of drug-likeness (QED) is 0.717. The lowest BCUT2D eigenvalue weighted by atomic mass is 10.2. The van der Waals surface area contributed by atoms with Gasteiger partial charge in [0.05, 0.1) is 10.6 Å². The Kier molecular flexibility index (Phi) is 3.93. The molecule has 1 aliphatic heterocycles. The summed E-state index contributed by atoms with van der Waals surface area (Å²) in [5, 5.41) is 13.9. The molecule has 0 radical (unpaired) electrons. The van der Waals surface area contributed by atoms with Crippen LogP contribution in [0.2, 0.25) is 5.02 Å². The number of phenols is 1. The first-order valence-corrected chi connectivity index (χ1v) is 9.86. The molecule has 0 aliphatic carbocycles. The third kappa shape index (κ3) is 2.47. The molecule has 6 nitrogen and oxygen atoms in total. The molecular formula is C18H16ClN3O3S. The van der Waals surface area contributed by atoms with Gasteiger partial charge >= 0.3 is 0 Å². The summed E-state index contributed by atoms with van der Waals surface area (Å²) >= 11 is 6.21. The van der Waals surface area contributed by atoms with E-state index in [4.69, 9.17) is 11.6 Å². The maximum absolute atomic E-state index is 13.3. The van der Waals surface area contributed by atoms with Crippen LogP contribution in [0.15, 0.2) is 47.4 Å². The van der Waals surface area contributed by atoms with Gasteiger partial charge in [0.15, 0.2) is 0 Å². The minimum absolute atomic E-state index is 0.0686. The summed E-state index contributed by atoms with van der Waals surface area (Å²) < 4.78 is 28.1. The molecule has 26 heavy (non-hydrogen) atoms. The lowest BCUT2D eigenvalue weighted by molar-refractivity contribution is 0.480. The maximum atomic E-state index is 13.3. The van der Waals surface area contributed by atoms with Gasteiger partial charge in [0.1, 0.15) is 17.1 Å². The van der Waals surface area contributed by atoms with Crippen molar-refractivity contribution in [2.45, 2.75) is 11.3 Å². The Morgan fingerprint density at radius 2 is 2.00 bits per heavy atom.